The predicted molar refractivity (Wildman–Crippen MR) is 49.8 cm³/mol. The molecule has 0 aromatic heterocycles. The molecule has 0 aromatic rings. The lowest BCUT2D eigenvalue weighted by atomic mass is 9.69. The van der Waals surface area contributed by atoms with Crippen molar-refractivity contribution in [3.63, 3.8) is 0 Å². The summed E-state index contributed by atoms with van der Waals surface area (Å²) in [5, 5.41) is 17.9. The number of carboxylic acids is 2. The Balaban J connectivity index is 2.86. The molecule has 0 heterocycles. The molecule has 0 aromatic carbocycles. The highest BCUT2D eigenvalue weighted by molar-refractivity contribution is 5.80. The van der Waals surface area contributed by atoms with E-state index in [4.69, 9.17) is 10.2 Å². The third-order valence-electron chi connectivity index (χ3n) is 3.08. The van der Waals surface area contributed by atoms with Crippen molar-refractivity contribution in [2.24, 2.45) is 23.7 Å². The van der Waals surface area contributed by atoms with Gasteiger partial charge in [-0.3, -0.25) is 9.59 Å². The lowest BCUT2D eigenvalue weighted by Gasteiger charge is -2.34. The summed E-state index contributed by atoms with van der Waals surface area (Å²) >= 11 is 0. The molecule has 1 aliphatic carbocycles. The van der Waals surface area contributed by atoms with E-state index in [1.807, 2.05) is 13.8 Å². The Hall–Kier alpha value is -1.06. The molecule has 4 heteroatoms. The fourth-order valence-corrected chi connectivity index (χ4v) is 2.52. The average molecular weight is 200 g/mol. The summed E-state index contributed by atoms with van der Waals surface area (Å²) < 4.78 is 0. The fourth-order valence-electron chi connectivity index (χ4n) is 2.52. The topological polar surface area (TPSA) is 74.6 Å². The van der Waals surface area contributed by atoms with Crippen LogP contribution >= 0.6 is 0 Å². The molecule has 0 amide bonds. The van der Waals surface area contributed by atoms with E-state index in [2.05, 4.69) is 0 Å². The Labute approximate surface area is 82.9 Å². The first-order valence-corrected chi connectivity index (χ1v) is 4.89. The van der Waals surface area contributed by atoms with E-state index in [0.29, 0.717) is 12.3 Å². The second-order valence-electron chi connectivity index (χ2n) is 4.36. The zero-order valence-corrected chi connectivity index (χ0v) is 8.43. The highest BCUT2D eigenvalue weighted by atomic mass is 16.4. The smallest absolute Gasteiger partial charge is 0.307 e. The standard InChI is InChI=1S/C10H16O4/c1-5-3-6(2)8(10(13)14)7(4-5)9(11)12/h5-8H,3-4H2,1-2H3,(H,11,12)(H,13,14). The van der Waals surface area contributed by atoms with Crippen molar-refractivity contribution in [1.82, 2.24) is 0 Å². The molecule has 80 valence electrons. The van der Waals surface area contributed by atoms with Crippen molar-refractivity contribution >= 4 is 11.9 Å². The third kappa shape index (κ3) is 2.05. The Kier molecular flexibility index (Phi) is 3.13. The van der Waals surface area contributed by atoms with Crippen LogP contribution in [-0.2, 0) is 9.59 Å². The van der Waals surface area contributed by atoms with Crippen LogP contribution in [0.15, 0.2) is 0 Å². The van der Waals surface area contributed by atoms with E-state index in [0.717, 1.165) is 6.42 Å². The van der Waals surface area contributed by atoms with Crippen LogP contribution in [0, 0.1) is 23.7 Å². The minimum absolute atomic E-state index is 0.0441. The van der Waals surface area contributed by atoms with Gasteiger partial charge in [0.1, 0.15) is 0 Å². The Morgan fingerprint density at radius 2 is 1.64 bits per heavy atom. The number of aliphatic carboxylic acids is 2. The summed E-state index contributed by atoms with van der Waals surface area (Å²) in [7, 11) is 0. The van der Waals surface area contributed by atoms with E-state index < -0.39 is 23.8 Å². The van der Waals surface area contributed by atoms with Gasteiger partial charge >= 0.3 is 11.9 Å². The lowest BCUT2D eigenvalue weighted by molar-refractivity contribution is -0.159. The van der Waals surface area contributed by atoms with Crippen LogP contribution < -0.4 is 0 Å². The van der Waals surface area contributed by atoms with Crippen LogP contribution in [0.3, 0.4) is 0 Å². The SMILES string of the molecule is CC1CC(C)C(C(=O)O)C(C(=O)O)C1. The van der Waals surface area contributed by atoms with Gasteiger partial charge in [-0.1, -0.05) is 13.8 Å². The zero-order chi connectivity index (χ0) is 10.9. The molecule has 14 heavy (non-hydrogen) atoms. The predicted octanol–water partition coefficient (Wildman–Crippen LogP) is 1.45. The maximum atomic E-state index is 10.9. The summed E-state index contributed by atoms with van der Waals surface area (Å²) in [6.07, 6.45) is 1.29. The summed E-state index contributed by atoms with van der Waals surface area (Å²) in [4.78, 5) is 21.8. The number of hydrogen-bond acceptors (Lipinski definition) is 2. The van der Waals surface area contributed by atoms with E-state index in [-0.39, 0.29) is 5.92 Å². The maximum absolute atomic E-state index is 10.9. The zero-order valence-electron chi connectivity index (χ0n) is 8.43. The lowest BCUT2D eigenvalue weighted by Crippen LogP contribution is -2.39. The highest BCUT2D eigenvalue weighted by Gasteiger charge is 2.42. The molecule has 2 N–H and O–H groups in total. The molecule has 0 aliphatic heterocycles. The van der Waals surface area contributed by atoms with Gasteiger partial charge in [0.25, 0.3) is 0 Å². The van der Waals surface area contributed by atoms with Crippen LogP contribution in [0.4, 0.5) is 0 Å². The van der Waals surface area contributed by atoms with Gasteiger partial charge in [0.05, 0.1) is 11.8 Å². The molecule has 1 aliphatic rings. The fraction of sp³-hybridized carbons (Fsp3) is 0.800. The second kappa shape index (κ2) is 3.98. The highest BCUT2D eigenvalue weighted by Crippen LogP contribution is 2.38. The van der Waals surface area contributed by atoms with Crippen LogP contribution in [0.1, 0.15) is 26.7 Å². The maximum Gasteiger partial charge on any atom is 0.307 e. The molecule has 4 nitrogen and oxygen atoms in total. The minimum atomic E-state index is -0.976. The van der Waals surface area contributed by atoms with E-state index in [1.165, 1.54) is 0 Å². The largest absolute Gasteiger partial charge is 0.481 e. The second-order valence-corrected chi connectivity index (χ2v) is 4.36. The van der Waals surface area contributed by atoms with Crippen LogP contribution in [0.25, 0.3) is 0 Å². The van der Waals surface area contributed by atoms with Crippen molar-refractivity contribution in [2.45, 2.75) is 26.7 Å². The molecule has 1 saturated carbocycles. The van der Waals surface area contributed by atoms with Gasteiger partial charge in [-0.05, 0) is 24.7 Å². The summed E-state index contributed by atoms with van der Waals surface area (Å²) in [6, 6.07) is 0. The summed E-state index contributed by atoms with van der Waals surface area (Å²) in [5.74, 6) is -3.12. The van der Waals surface area contributed by atoms with Gasteiger partial charge in [-0.2, -0.15) is 0 Å². The molecule has 1 rings (SSSR count). The van der Waals surface area contributed by atoms with Crippen molar-refractivity contribution in [1.29, 1.82) is 0 Å². The van der Waals surface area contributed by atoms with Crippen molar-refractivity contribution in [3.8, 4) is 0 Å². The first-order valence-electron chi connectivity index (χ1n) is 4.89. The summed E-state index contributed by atoms with van der Waals surface area (Å²) in [6.45, 7) is 3.80. The van der Waals surface area contributed by atoms with Gasteiger partial charge in [0, 0.05) is 0 Å². The molecular weight excluding hydrogens is 184 g/mol. The molecule has 4 unspecified atom stereocenters. The number of carboxylic acid groups (broad SMARTS) is 2. The van der Waals surface area contributed by atoms with Gasteiger partial charge in [-0.25, -0.2) is 0 Å². The number of hydrogen-bond donors (Lipinski definition) is 2. The Bertz CT molecular complexity index is 249. The van der Waals surface area contributed by atoms with Crippen molar-refractivity contribution in [3.05, 3.63) is 0 Å². The molecule has 4 atom stereocenters. The number of carbonyl (C=O) groups is 2. The van der Waals surface area contributed by atoms with E-state index in [1.54, 1.807) is 0 Å². The van der Waals surface area contributed by atoms with Crippen LogP contribution in [0.5, 0.6) is 0 Å². The van der Waals surface area contributed by atoms with Crippen molar-refractivity contribution in [2.75, 3.05) is 0 Å². The monoisotopic (exact) mass is 200 g/mol. The quantitative estimate of drug-likeness (QED) is 0.707. The minimum Gasteiger partial charge on any atom is -0.481 e. The molecule has 0 saturated heterocycles. The Morgan fingerprint density at radius 1 is 1.07 bits per heavy atom. The van der Waals surface area contributed by atoms with Gasteiger partial charge in [0.2, 0.25) is 0 Å². The summed E-state index contributed by atoms with van der Waals surface area (Å²) in [5.41, 5.74) is 0. The van der Waals surface area contributed by atoms with Crippen molar-refractivity contribution < 1.29 is 19.8 Å². The van der Waals surface area contributed by atoms with E-state index in [9.17, 15) is 9.59 Å². The van der Waals surface area contributed by atoms with Crippen LogP contribution in [-0.4, -0.2) is 22.2 Å². The molecule has 1 fully saturated rings. The first kappa shape index (κ1) is 11.0. The van der Waals surface area contributed by atoms with Crippen LogP contribution in [0.2, 0.25) is 0 Å². The Morgan fingerprint density at radius 3 is 2.07 bits per heavy atom. The van der Waals surface area contributed by atoms with E-state index >= 15 is 0 Å². The third-order valence-corrected chi connectivity index (χ3v) is 3.08. The molecular formula is C10H16O4. The normalized spacial score (nSPS) is 37.9. The van der Waals surface area contributed by atoms with Gasteiger partial charge in [0.15, 0.2) is 0 Å². The molecule has 0 spiro atoms. The van der Waals surface area contributed by atoms with Gasteiger partial charge < -0.3 is 10.2 Å². The molecule has 0 bridgehead atoms. The first-order chi connectivity index (χ1) is 6.43. The number of rotatable bonds is 2. The molecule has 0 radical (unpaired) electrons. The average Bonchev–Trinajstić information content (AvgIpc) is 2.01. The van der Waals surface area contributed by atoms with Gasteiger partial charge in [-0.15, -0.1) is 0 Å².